The van der Waals surface area contributed by atoms with E-state index in [2.05, 4.69) is 155 Å². The molecule has 0 unspecified atom stereocenters. The summed E-state index contributed by atoms with van der Waals surface area (Å²) in [6.07, 6.45) is 1.85. The minimum absolute atomic E-state index is 0.900. The van der Waals surface area contributed by atoms with Gasteiger partial charge in [0.25, 0.3) is 0 Å². The Labute approximate surface area is 276 Å². The van der Waals surface area contributed by atoms with Gasteiger partial charge in [-0.3, -0.25) is 9.13 Å². The largest absolute Gasteiger partial charge is 0.354 e. The second-order valence-electron chi connectivity index (χ2n) is 12.5. The molecule has 0 fully saturated rings. The number of H-pyrrole nitrogens is 1. The molecule has 226 valence electrons. The van der Waals surface area contributed by atoms with Crippen LogP contribution < -0.4 is 0 Å². The lowest BCUT2D eigenvalue weighted by Crippen LogP contribution is -1.98. The van der Waals surface area contributed by atoms with Gasteiger partial charge in [-0.2, -0.15) is 0 Å². The first-order valence-corrected chi connectivity index (χ1v) is 16.3. The molecule has 0 saturated carbocycles. The Hall–Kier alpha value is -6.46. The van der Waals surface area contributed by atoms with E-state index in [1.165, 1.54) is 27.1 Å². The van der Waals surface area contributed by atoms with Crippen LogP contribution in [0.4, 0.5) is 0 Å². The van der Waals surface area contributed by atoms with Gasteiger partial charge in [-0.05, 0) is 78.7 Å². The summed E-state index contributed by atoms with van der Waals surface area (Å²) in [4.78, 5) is 14.0. The zero-order chi connectivity index (χ0) is 31.8. The van der Waals surface area contributed by atoms with Crippen LogP contribution in [0.1, 0.15) is 5.56 Å². The first kappa shape index (κ1) is 26.7. The Kier molecular flexibility index (Phi) is 5.72. The molecule has 5 nitrogen and oxygen atoms in total. The number of hydrogen-bond acceptors (Lipinski definition) is 2. The van der Waals surface area contributed by atoms with E-state index < -0.39 is 0 Å². The van der Waals surface area contributed by atoms with E-state index in [1.807, 2.05) is 18.3 Å². The number of imidazole rings is 1. The highest BCUT2D eigenvalue weighted by molar-refractivity contribution is 6.13. The molecule has 0 atom stereocenters. The average molecular weight is 616 g/mol. The van der Waals surface area contributed by atoms with Crippen molar-refractivity contribution in [1.82, 2.24) is 24.1 Å². The fourth-order valence-corrected chi connectivity index (χ4v) is 7.49. The molecule has 0 spiro atoms. The number of rotatable bonds is 4. The Morgan fingerprint density at radius 3 is 2.19 bits per heavy atom. The van der Waals surface area contributed by atoms with E-state index in [9.17, 15) is 0 Å². The second kappa shape index (κ2) is 10.3. The van der Waals surface area contributed by atoms with Crippen molar-refractivity contribution < 1.29 is 0 Å². The highest BCUT2D eigenvalue weighted by Gasteiger charge is 2.22. The van der Waals surface area contributed by atoms with Gasteiger partial charge >= 0.3 is 0 Å². The summed E-state index contributed by atoms with van der Waals surface area (Å²) in [6, 6.07) is 51.5. The molecule has 0 radical (unpaired) electrons. The molecule has 4 heterocycles. The maximum Gasteiger partial charge on any atom is 0.147 e. The van der Waals surface area contributed by atoms with Gasteiger partial charge in [-0.15, -0.1) is 0 Å². The van der Waals surface area contributed by atoms with Crippen LogP contribution in [-0.2, 0) is 0 Å². The number of fused-ring (bicyclic) bond motifs is 7. The minimum Gasteiger partial charge on any atom is -0.354 e. The van der Waals surface area contributed by atoms with E-state index in [-0.39, 0.29) is 0 Å². The number of aromatic nitrogens is 5. The Balaban J connectivity index is 1.27. The number of aryl methyl sites for hydroxylation is 1. The van der Waals surface area contributed by atoms with E-state index in [1.54, 1.807) is 0 Å². The molecule has 10 aromatic rings. The Bertz CT molecular complexity index is 2840. The van der Waals surface area contributed by atoms with Crippen molar-refractivity contribution in [3.8, 4) is 34.0 Å². The van der Waals surface area contributed by atoms with Gasteiger partial charge in [0, 0.05) is 50.1 Å². The molecule has 1 N–H and O–H groups in total. The molecule has 0 aliphatic heterocycles. The molecule has 5 heteroatoms. The van der Waals surface area contributed by atoms with Crippen molar-refractivity contribution in [3.63, 3.8) is 0 Å². The average Bonchev–Trinajstić information content (AvgIpc) is 3.81. The van der Waals surface area contributed by atoms with Crippen LogP contribution in [-0.4, -0.2) is 24.1 Å². The first-order valence-electron chi connectivity index (χ1n) is 16.3. The van der Waals surface area contributed by atoms with Crippen molar-refractivity contribution in [2.45, 2.75) is 6.92 Å². The molecular formula is C43H29N5. The van der Waals surface area contributed by atoms with E-state index in [4.69, 9.17) is 9.97 Å². The number of benzene rings is 6. The zero-order valence-electron chi connectivity index (χ0n) is 26.2. The highest BCUT2D eigenvalue weighted by Crippen LogP contribution is 2.40. The maximum absolute atomic E-state index is 5.52. The molecule has 0 aliphatic rings. The Morgan fingerprint density at radius 2 is 1.31 bits per heavy atom. The summed E-state index contributed by atoms with van der Waals surface area (Å²) < 4.78 is 4.57. The minimum atomic E-state index is 0.900. The van der Waals surface area contributed by atoms with E-state index in [0.29, 0.717) is 0 Å². The lowest BCUT2D eigenvalue weighted by molar-refractivity contribution is 1.08. The SMILES string of the molecule is Cc1cc(-c2nc3c(-c4ccc5c6ccccc6n(-c6ccccn6)c5c4)cccc3n2-c2ccccc2)c2[nH]c3ccccc3c2c1. The highest BCUT2D eigenvalue weighted by atomic mass is 15.1. The van der Waals surface area contributed by atoms with E-state index in [0.717, 1.165) is 67.1 Å². The second-order valence-corrected chi connectivity index (χ2v) is 12.5. The summed E-state index contributed by atoms with van der Waals surface area (Å²) in [7, 11) is 0. The molecule has 48 heavy (non-hydrogen) atoms. The fourth-order valence-electron chi connectivity index (χ4n) is 7.49. The van der Waals surface area contributed by atoms with Crippen molar-refractivity contribution >= 4 is 54.6 Å². The fraction of sp³-hybridized carbons (Fsp3) is 0.0233. The van der Waals surface area contributed by atoms with Crippen LogP contribution >= 0.6 is 0 Å². The molecule has 6 aromatic carbocycles. The summed E-state index contributed by atoms with van der Waals surface area (Å²) in [6.45, 7) is 2.17. The molecular weight excluding hydrogens is 587 g/mol. The smallest absolute Gasteiger partial charge is 0.147 e. The van der Waals surface area contributed by atoms with Gasteiger partial charge < -0.3 is 4.98 Å². The van der Waals surface area contributed by atoms with Crippen molar-refractivity contribution in [2.24, 2.45) is 0 Å². The number of pyridine rings is 1. The van der Waals surface area contributed by atoms with Crippen LogP contribution in [0, 0.1) is 6.92 Å². The number of para-hydroxylation sites is 4. The predicted octanol–water partition coefficient (Wildman–Crippen LogP) is 10.8. The normalized spacial score (nSPS) is 11.9. The maximum atomic E-state index is 5.52. The summed E-state index contributed by atoms with van der Waals surface area (Å²) in [5, 5.41) is 4.83. The number of aromatic amines is 1. The number of nitrogens with zero attached hydrogens (tertiary/aromatic N) is 4. The standard InChI is InChI=1S/C43H29N5/c1-27-24-34-31-14-5-7-17-36(31)45-41(34)35(25-27)43-46-42-30(16-11-19-38(42)47(43)29-12-3-2-4-13-29)28-21-22-33-32-15-6-8-18-37(32)48(39(33)26-28)40-20-9-10-23-44-40/h2-26,45H,1H3. The molecule has 0 saturated heterocycles. The van der Waals surface area contributed by atoms with Gasteiger partial charge in [0.15, 0.2) is 0 Å². The third-order valence-electron chi connectivity index (χ3n) is 9.56. The van der Waals surface area contributed by atoms with Gasteiger partial charge in [0.1, 0.15) is 11.6 Å². The molecule has 0 aliphatic carbocycles. The summed E-state index contributed by atoms with van der Waals surface area (Å²) in [5.41, 5.74) is 12.0. The van der Waals surface area contributed by atoms with Crippen molar-refractivity contribution in [1.29, 1.82) is 0 Å². The molecule has 4 aromatic heterocycles. The van der Waals surface area contributed by atoms with E-state index >= 15 is 0 Å². The van der Waals surface area contributed by atoms with Crippen LogP contribution in [0.3, 0.4) is 0 Å². The summed E-state index contributed by atoms with van der Waals surface area (Å²) in [5.74, 6) is 1.81. The van der Waals surface area contributed by atoms with Crippen LogP contribution in [0.25, 0.3) is 88.7 Å². The number of hydrogen-bond donors (Lipinski definition) is 1. The van der Waals surface area contributed by atoms with Crippen LogP contribution in [0.5, 0.6) is 0 Å². The zero-order valence-corrected chi connectivity index (χ0v) is 26.2. The predicted molar refractivity (Wildman–Crippen MR) is 198 cm³/mol. The third kappa shape index (κ3) is 3.91. The lowest BCUT2D eigenvalue weighted by atomic mass is 10.0. The lowest BCUT2D eigenvalue weighted by Gasteiger charge is -2.11. The van der Waals surface area contributed by atoms with Gasteiger partial charge in [-0.25, -0.2) is 9.97 Å². The first-order chi connectivity index (χ1) is 23.7. The molecule has 0 amide bonds. The van der Waals surface area contributed by atoms with Gasteiger partial charge in [0.2, 0.25) is 0 Å². The quantitative estimate of drug-likeness (QED) is 0.214. The molecule has 0 bridgehead atoms. The van der Waals surface area contributed by atoms with Gasteiger partial charge in [0.05, 0.1) is 27.6 Å². The monoisotopic (exact) mass is 615 g/mol. The van der Waals surface area contributed by atoms with Crippen LogP contribution in [0.2, 0.25) is 0 Å². The van der Waals surface area contributed by atoms with Crippen LogP contribution in [0.15, 0.2) is 152 Å². The number of nitrogens with one attached hydrogen (secondary N) is 1. The molecule has 10 rings (SSSR count). The summed E-state index contributed by atoms with van der Waals surface area (Å²) >= 11 is 0. The van der Waals surface area contributed by atoms with Gasteiger partial charge in [-0.1, -0.05) is 84.9 Å². The third-order valence-corrected chi connectivity index (χ3v) is 9.56. The Morgan fingerprint density at radius 1 is 0.542 bits per heavy atom. The van der Waals surface area contributed by atoms with Crippen molar-refractivity contribution in [2.75, 3.05) is 0 Å². The topological polar surface area (TPSA) is 51.4 Å². The van der Waals surface area contributed by atoms with Crippen molar-refractivity contribution in [3.05, 3.63) is 157 Å².